The lowest BCUT2D eigenvalue weighted by molar-refractivity contribution is -0.121. The van der Waals surface area contributed by atoms with Crippen LogP contribution in [0, 0.1) is 13.8 Å². The number of nitrogens with zero attached hydrogens (tertiary/aromatic N) is 2. The van der Waals surface area contributed by atoms with Crippen LogP contribution in [0.2, 0.25) is 0 Å². The first-order valence-corrected chi connectivity index (χ1v) is 12.9. The van der Waals surface area contributed by atoms with E-state index in [4.69, 9.17) is 0 Å². The van der Waals surface area contributed by atoms with E-state index in [1.807, 2.05) is 19.1 Å². The molecule has 0 spiro atoms. The van der Waals surface area contributed by atoms with Crippen molar-refractivity contribution >= 4 is 52.3 Å². The first-order chi connectivity index (χ1) is 20.2. The zero-order valence-electron chi connectivity index (χ0n) is 23.0. The number of amides is 4. The third-order valence-corrected chi connectivity index (χ3v) is 5.94. The van der Waals surface area contributed by atoms with E-state index in [-0.39, 0.29) is 24.3 Å². The minimum atomic E-state index is -0.441. The van der Waals surface area contributed by atoms with E-state index in [2.05, 4.69) is 43.1 Å². The summed E-state index contributed by atoms with van der Waals surface area (Å²) in [6, 6.07) is 19.2. The monoisotopic (exact) mass is 563 g/mol. The van der Waals surface area contributed by atoms with E-state index < -0.39 is 11.8 Å². The smallest absolute Gasteiger partial charge is 0.256 e. The highest BCUT2D eigenvalue weighted by molar-refractivity contribution is 6.08. The number of hydrogen-bond donors (Lipinski definition) is 5. The third kappa shape index (κ3) is 8.09. The Morgan fingerprint density at radius 1 is 0.762 bits per heavy atom. The molecule has 0 radical (unpaired) electrons. The number of anilines is 5. The average Bonchev–Trinajstić information content (AvgIpc) is 2.98. The van der Waals surface area contributed by atoms with Crippen LogP contribution in [0.5, 0.6) is 0 Å². The van der Waals surface area contributed by atoms with Crippen molar-refractivity contribution in [1.82, 2.24) is 15.3 Å². The van der Waals surface area contributed by atoms with Gasteiger partial charge in [-0.15, -0.1) is 0 Å². The summed E-state index contributed by atoms with van der Waals surface area (Å²) in [6.07, 6.45) is 4.00. The van der Waals surface area contributed by atoms with Gasteiger partial charge in [-0.2, -0.15) is 0 Å². The highest BCUT2D eigenvalue weighted by Gasteiger charge is 2.13. The summed E-state index contributed by atoms with van der Waals surface area (Å²) < 4.78 is 0. The van der Waals surface area contributed by atoms with Gasteiger partial charge in [0.1, 0.15) is 0 Å². The van der Waals surface area contributed by atoms with Crippen molar-refractivity contribution in [2.75, 3.05) is 27.8 Å². The number of carbonyl (C=O) groups is 4. The van der Waals surface area contributed by atoms with Crippen molar-refractivity contribution in [3.63, 3.8) is 0 Å². The van der Waals surface area contributed by atoms with Gasteiger partial charge in [-0.3, -0.25) is 19.2 Å². The van der Waals surface area contributed by atoms with Crippen LogP contribution in [0.3, 0.4) is 0 Å². The van der Waals surface area contributed by atoms with Gasteiger partial charge in [0, 0.05) is 28.2 Å². The van der Waals surface area contributed by atoms with Crippen molar-refractivity contribution in [1.29, 1.82) is 0 Å². The molecule has 0 unspecified atom stereocenters. The summed E-state index contributed by atoms with van der Waals surface area (Å²) in [5.41, 5.74) is 4.61. The summed E-state index contributed by atoms with van der Waals surface area (Å²) in [7, 11) is 0. The van der Waals surface area contributed by atoms with Gasteiger partial charge in [-0.1, -0.05) is 36.4 Å². The van der Waals surface area contributed by atoms with Crippen molar-refractivity contribution in [3.8, 4) is 0 Å². The molecular formula is C31H29N7O4. The SMILES string of the molecule is C=CC(=O)NCC(=O)Nc1cccc(Nc2ncc(NC(=O)c3cc(NC(=O)c4cccc(C)c4)ccc3C)cn2)c1. The maximum absolute atomic E-state index is 13.0. The number of rotatable bonds is 10. The predicted octanol–water partition coefficient (Wildman–Crippen LogP) is 4.58. The van der Waals surface area contributed by atoms with Gasteiger partial charge in [0.05, 0.1) is 24.6 Å². The molecule has 0 saturated carbocycles. The Hall–Kier alpha value is -5.84. The second kappa shape index (κ2) is 13.5. The van der Waals surface area contributed by atoms with Crippen LogP contribution < -0.4 is 26.6 Å². The molecule has 1 heterocycles. The van der Waals surface area contributed by atoms with Gasteiger partial charge >= 0.3 is 0 Å². The van der Waals surface area contributed by atoms with Gasteiger partial charge in [-0.25, -0.2) is 9.97 Å². The molecule has 4 rings (SSSR count). The van der Waals surface area contributed by atoms with Gasteiger partial charge in [-0.05, 0) is 68.0 Å². The van der Waals surface area contributed by atoms with E-state index in [9.17, 15) is 19.2 Å². The quantitative estimate of drug-likeness (QED) is 0.177. The Morgan fingerprint density at radius 3 is 2.19 bits per heavy atom. The first kappa shape index (κ1) is 29.2. The lowest BCUT2D eigenvalue weighted by Crippen LogP contribution is -2.31. The fraction of sp³-hybridized carbons (Fsp3) is 0.0968. The minimum Gasteiger partial charge on any atom is -0.343 e. The molecule has 4 aromatic rings. The molecule has 0 aliphatic heterocycles. The molecule has 0 bridgehead atoms. The van der Waals surface area contributed by atoms with Crippen LogP contribution >= 0.6 is 0 Å². The van der Waals surface area contributed by atoms with Crippen LogP contribution in [0.1, 0.15) is 31.8 Å². The summed E-state index contributed by atoms with van der Waals surface area (Å²) in [5, 5.41) is 13.7. The molecule has 0 atom stereocenters. The number of carbonyl (C=O) groups excluding carboxylic acids is 4. The van der Waals surface area contributed by atoms with E-state index in [1.165, 1.54) is 12.4 Å². The van der Waals surface area contributed by atoms with Crippen LogP contribution in [0.15, 0.2) is 91.8 Å². The Balaban J connectivity index is 1.36. The summed E-state index contributed by atoms with van der Waals surface area (Å²) in [4.78, 5) is 57.4. The average molecular weight is 564 g/mol. The second-order valence-corrected chi connectivity index (χ2v) is 9.28. The number of hydrogen-bond acceptors (Lipinski definition) is 7. The third-order valence-electron chi connectivity index (χ3n) is 5.94. The summed E-state index contributed by atoms with van der Waals surface area (Å²) in [5.74, 6) is -1.21. The highest BCUT2D eigenvalue weighted by atomic mass is 16.2. The zero-order valence-corrected chi connectivity index (χ0v) is 23.0. The van der Waals surface area contributed by atoms with Gasteiger partial charge in [0.2, 0.25) is 17.8 Å². The molecule has 5 N–H and O–H groups in total. The minimum absolute atomic E-state index is 0.190. The van der Waals surface area contributed by atoms with Crippen molar-refractivity contribution in [3.05, 3.63) is 114 Å². The van der Waals surface area contributed by atoms with Gasteiger partial charge in [0.25, 0.3) is 11.8 Å². The standard InChI is InChI=1S/C31H29N7O4/c1-4-27(39)32-18-28(40)35-22-9-6-10-23(14-22)38-31-33-16-25(17-34-31)37-30(42)26-15-24(12-11-20(26)3)36-29(41)21-8-5-7-19(2)13-21/h4-17H,1,18H2,2-3H3,(H,32,39)(H,35,40)(H,36,41)(H,37,42)(H,33,34,38). The van der Waals surface area contributed by atoms with E-state index in [1.54, 1.807) is 61.5 Å². The van der Waals surface area contributed by atoms with Gasteiger partial charge in [0.15, 0.2) is 0 Å². The summed E-state index contributed by atoms with van der Waals surface area (Å²) in [6.45, 7) is 6.86. The van der Waals surface area contributed by atoms with E-state index in [0.29, 0.717) is 33.9 Å². The molecule has 0 fully saturated rings. The highest BCUT2D eigenvalue weighted by Crippen LogP contribution is 2.20. The van der Waals surface area contributed by atoms with E-state index >= 15 is 0 Å². The number of aromatic nitrogens is 2. The van der Waals surface area contributed by atoms with Crippen LogP contribution in [0.25, 0.3) is 0 Å². The van der Waals surface area contributed by atoms with Crippen molar-refractivity contribution < 1.29 is 19.2 Å². The first-order valence-electron chi connectivity index (χ1n) is 12.9. The van der Waals surface area contributed by atoms with Gasteiger partial charge < -0.3 is 26.6 Å². The molecule has 42 heavy (non-hydrogen) atoms. The molecule has 0 aliphatic carbocycles. The topological polar surface area (TPSA) is 154 Å². The van der Waals surface area contributed by atoms with Crippen LogP contribution in [-0.2, 0) is 9.59 Å². The van der Waals surface area contributed by atoms with Crippen molar-refractivity contribution in [2.24, 2.45) is 0 Å². The Bertz CT molecular complexity index is 1650. The molecule has 0 saturated heterocycles. The maximum atomic E-state index is 13.0. The lowest BCUT2D eigenvalue weighted by Gasteiger charge is -2.12. The maximum Gasteiger partial charge on any atom is 0.256 e. The largest absolute Gasteiger partial charge is 0.343 e. The van der Waals surface area contributed by atoms with Crippen LogP contribution in [0.4, 0.5) is 28.7 Å². The molecule has 212 valence electrons. The predicted molar refractivity (Wildman–Crippen MR) is 162 cm³/mol. The van der Waals surface area contributed by atoms with Crippen LogP contribution in [-0.4, -0.2) is 40.1 Å². The molecule has 11 heteroatoms. The molecule has 1 aromatic heterocycles. The zero-order chi connectivity index (χ0) is 30.1. The molecule has 4 amide bonds. The number of nitrogens with one attached hydrogen (secondary N) is 5. The fourth-order valence-corrected chi connectivity index (χ4v) is 3.84. The molecule has 3 aromatic carbocycles. The fourth-order valence-electron chi connectivity index (χ4n) is 3.84. The molecular weight excluding hydrogens is 534 g/mol. The molecule has 11 nitrogen and oxygen atoms in total. The summed E-state index contributed by atoms with van der Waals surface area (Å²) >= 11 is 0. The Kier molecular flexibility index (Phi) is 9.36. The Morgan fingerprint density at radius 2 is 1.45 bits per heavy atom. The second-order valence-electron chi connectivity index (χ2n) is 9.28. The number of aryl methyl sites for hydroxylation is 2. The molecule has 0 aliphatic rings. The Labute approximate surface area is 242 Å². The van der Waals surface area contributed by atoms with E-state index in [0.717, 1.165) is 17.2 Å². The number of benzene rings is 3. The van der Waals surface area contributed by atoms with Crippen molar-refractivity contribution in [2.45, 2.75) is 13.8 Å². The lowest BCUT2D eigenvalue weighted by atomic mass is 10.1. The normalized spacial score (nSPS) is 10.2.